The summed E-state index contributed by atoms with van der Waals surface area (Å²) in [5.74, 6) is 0. The molecule has 0 spiro atoms. The summed E-state index contributed by atoms with van der Waals surface area (Å²) in [5, 5.41) is 1.19. The van der Waals surface area contributed by atoms with Gasteiger partial charge in [0, 0.05) is 11.6 Å². The van der Waals surface area contributed by atoms with Gasteiger partial charge in [-0.2, -0.15) is 0 Å². The van der Waals surface area contributed by atoms with Gasteiger partial charge < -0.3 is 5.73 Å². The second-order valence-electron chi connectivity index (χ2n) is 3.03. The Morgan fingerprint density at radius 2 is 2.00 bits per heavy atom. The Kier molecular flexibility index (Phi) is 2.23. The maximum Gasteiger partial charge on any atom is 0.0734 e. The minimum absolute atomic E-state index is 0.676. The van der Waals surface area contributed by atoms with Crippen molar-refractivity contribution in [3.05, 3.63) is 42.1 Å². The molecule has 0 saturated heterocycles. The van der Waals surface area contributed by atoms with E-state index >= 15 is 0 Å². The van der Waals surface area contributed by atoms with Gasteiger partial charge in [-0.25, -0.2) is 0 Å². The average molecular weight is 172 g/mol. The van der Waals surface area contributed by atoms with E-state index in [9.17, 15) is 0 Å². The highest BCUT2D eigenvalue weighted by atomic mass is 14.7. The molecule has 13 heavy (non-hydrogen) atoms. The van der Waals surface area contributed by atoms with Crippen LogP contribution in [0, 0.1) is 0 Å². The number of aromatic nitrogens is 1. The lowest BCUT2D eigenvalue weighted by Crippen LogP contribution is -2.03. The molecular formula is C11H12N2. The van der Waals surface area contributed by atoms with Gasteiger partial charge in [0.25, 0.3) is 0 Å². The first kappa shape index (κ1) is 8.20. The van der Waals surface area contributed by atoms with Crippen LogP contribution in [0.3, 0.4) is 0 Å². The number of hydrogen-bond donors (Lipinski definition) is 1. The van der Waals surface area contributed by atoms with Crippen molar-refractivity contribution in [2.24, 2.45) is 5.73 Å². The minimum atomic E-state index is 0.676. The summed E-state index contributed by atoms with van der Waals surface area (Å²) in [6.45, 7) is 0.676. The lowest BCUT2D eigenvalue weighted by atomic mass is 10.1. The van der Waals surface area contributed by atoms with Gasteiger partial charge in [-0.05, 0) is 24.6 Å². The standard InChI is InChI=1S/C11H12N2/c12-7-6-10-4-1-3-9-5-2-8-13-11(9)10/h1-5,8H,6-7,12H2. The number of nitrogens with two attached hydrogens (primary N) is 1. The molecule has 0 amide bonds. The molecule has 2 N–H and O–H groups in total. The predicted molar refractivity (Wildman–Crippen MR) is 54.5 cm³/mol. The van der Waals surface area contributed by atoms with Gasteiger partial charge in [0.15, 0.2) is 0 Å². The number of pyridine rings is 1. The fourth-order valence-corrected chi connectivity index (χ4v) is 1.52. The van der Waals surface area contributed by atoms with E-state index in [1.165, 1.54) is 10.9 Å². The zero-order chi connectivity index (χ0) is 9.10. The van der Waals surface area contributed by atoms with Gasteiger partial charge in [0.1, 0.15) is 0 Å². The van der Waals surface area contributed by atoms with Crippen LogP contribution in [0.15, 0.2) is 36.5 Å². The van der Waals surface area contributed by atoms with Crippen LogP contribution in [0.4, 0.5) is 0 Å². The van der Waals surface area contributed by atoms with Gasteiger partial charge in [-0.15, -0.1) is 0 Å². The lowest BCUT2D eigenvalue weighted by Gasteiger charge is -2.02. The zero-order valence-electron chi connectivity index (χ0n) is 7.40. The maximum absolute atomic E-state index is 5.52. The molecule has 0 radical (unpaired) electrons. The van der Waals surface area contributed by atoms with Crippen molar-refractivity contribution >= 4 is 10.9 Å². The van der Waals surface area contributed by atoms with Crippen molar-refractivity contribution < 1.29 is 0 Å². The zero-order valence-corrected chi connectivity index (χ0v) is 7.40. The summed E-state index contributed by atoms with van der Waals surface area (Å²) in [7, 11) is 0. The van der Waals surface area contributed by atoms with Crippen LogP contribution in [0.5, 0.6) is 0 Å². The number of hydrogen-bond acceptors (Lipinski definition) is 2. The molecule has 0 aliphatic rings. The smallest absolute Gasteiger partial charge is 0.0734 e. The molecule has 2 aromatic rings. The fourth-order valence-electron chi connectivity index (χ4n) is 1.52. The molecule has 2 heteroatoms. The average Bonchev–Trinajstić information content (AvgIpc) is 2.19. The van der Waals surface area contributed by atoms with Crippen molar-refractivity contribution in [2.45, 2.75) is 6.42 Å². The largest absolute Gasteiger partial charge is 0.330 e. The topological polar surface area (TPSA) is 38.9 Å². The van der Waals surface area contributed by atoms with Crippen molar-refractivity contribution in [1.82, 2.24) is 4.98 Å². The molecule has 0 saturated carbocycles. The van der Waals surface area contributed by atoms with Crippen LogP contribution < -0.4 is 5.73 Å². The summed E-state index contributed by atoms with van der Waals surface area (Å²) in [5.41, 5.74) is 7.84. The molecule has 1 aromatic carbocycles. The van der Waals surface area contributed by atoms with Crippen LogP contribution in [-0.4, -0.2) is 11.5 Å². The normalized spacial score (nSPS) is 10.5. The van der Waals surface area contributed by atoms with E-state index in [-0.39, 0.29) is 0 Å². The summed E-state index contributed by atoms with van der Waals surface area (Å²) in [4.78, 5) is 4.34. The van der Waals surface area contributed by atoms with E-state index in [1.807, 2.05) is 12.3 Å². The van der Waals surface area contributed by atoms with E-state index in [1.54, 1.807) is 0 Å². The van der Waals surface area contributed by atoms with Crippen molar-refractivity contribution in [3.8, 4) is 0 Å². The molecule has 2 nitrogen and oxygen atoms in total. The molecule has 0 unspecified atom stereocenters. The summed E-state index contributed by atoms with van der Waals surface area (Å²) in [6.07, 6.45) is 2.72. The van der Waals surface area contributed by atoms with Crippen LogP contribution in [0.25, 0.3) is 10.9 Å². The van der Waals surface area contributed by atoms with Gasteiger partial charge in [-0.3, -0.25) is 4.98 Å². The molecule has 0 fully saturated rings. The van der Waals surface area contributed by atoms with Crippen LogP contribution >= 0.6 is 0 Å². The highest BCUT2D eigenvalue weighted by Gasteiger charge is 1.99. The Hall–Kier alpha value is -1.41. The Balaban J connectivity index is 2.61. The summed E-state index contributed by atoms with van der Waals surface area (Å²) >= 11 is 0. The molecule has 0 atom stereocenters. The second kappa shape index (κ2) is 3.54. The summed E-state index contributed by atoms with van der Waals surface area (Å²) < 4.78 is 0. The van der Waals surface area contributed by atoms with E-state index in [0.717, 1.165) is 11.9 Å². The monoisotopic (exact) mass is 172 g/mol. The molecular weight excluding hydrogens is 160 g/mol. The Morgan fingerprint density at radius 3 is 2.85 bits per heavy atom. The molecule has 0 aliphatic heterocycles. The molecule has 0 aliphatic carbocycles. The van der Waals surface area contributed by atoms with E-state index < -0.39 is 0 Å². The minimum Gasteiger partial charge on any atom is -0.330 e. The molecule has 2 rings (SSSR count). The van der Waals surface area contributed by atoms with Gasteiger partial charge >= 0.3 is 0 Å². The Labute approximate surface area is 77.4 Å². The third-order valence-electron chi connectivity index (χ3n) is 2.13. The highest BCUT2D eigenvalue weighted by Crippen LogP contribution is 2.15. The fraction of sp³-hybridized carbons (Fsp3) is 0.182. The summed E-state index contributed by atoms with van der Waals surface area (Å²) in [6, 6.07) is 10.2. The lowest BCUT2D eigenvalue weighted by molar-refractivity contribution is 0.973. The Morgan fingerprint density at radius 1 is 1.15 bits per heavy atom. The Bertz CT molecular complexity index is 404. The number of para-hydroxylation sites is 1. The molecule has 1 aromatic heterocycles. The predicted octanol–water partition coefficient (Wildman–Crippen LogP) is 1.74. The van der Waals surface area contributed by atoms with Crippen molar-refractivity contribution in [1.29, 1.82) is 0 Å². The highest BCUT2D eigenvalue weighted by molar-refractivity contribution is 5.81. The number of nitrogens with zero attached hydrogens (tertiary/aromatic N) is 1. The van der Waals surface area contributed by atoms with Gasteiger partial charge in [-0.1, -0.05) is 24.3 Å². The SMILES string of the molecule is NCCc1cccc2cccnc12. The quantitative estimate of drug-likeness (QED) is 0.749. The number of rotatable bonds is 2. The first-order chi connectivity index (χ1) is 6.42. The third-order valence-corrected chi connectivity index (χ3v) is 2.13. The van der Waals surface area contributed by atoms with Gasteiger partial charge in [0.05, 0.1) is 5.52 Å². The third kappa shape index (κ3) is 1.53. The van der Waals surface area contributed by atoms with E-state index in [4.69, 9.17) is 5.73 Å². The maximum atomic E-state index is 5.52. The second-order valence-corrected chi connectivity index (χ2v) is 3.03. The van der Waals surface area contributed by atoms with E-state index in [0.29, 0.717) is 6.54 Å². The van der Waals surface area contributed by atoms with Gasteiger partial charge in [0.2, 0.25) is 0 Å². The van der Waals surface area contributed by atoms with Crippen LogP contribution in [-0.2, 0) is 6.42 Å². The first-order valence-corrected chi connectivity index (χ1v) is 4.44. The number of benzene rings is 1. The van der Waals surface area contributed by atoms with Crippen LogP contribution in [0.1, 0.15) is 5.56 Å². The number of fused-ring (bicyclic) bond motifs is 1. The van der Waals surface area contributed by atoms with Crippen molar-refractivity contribution in [3.63, 3.8) is 0 Å². The first-order valence-electron chi connectivity index (χ1n) is 4.44. The molecule has 66 valence electrons. The van der Waals surface area contributed by atoms with Crippen LogP contribution in [0.2, 0.25) is 0 Å². The molecule has 1 heterocycles. The molecule has 0 bridgehead atoms. The van der Waals surface area contributed by atoms with Crippen molar-refractivity contribution in [2.75, 3.05) is 6.54 Å². The van der Waals surface area contributed by atoms with E-state index in [2.05, 4.69) is 29.2 Å².